The normalized spacial score (nSPS) is 16.8. The summed E-state index contributed by atoms with van der Waals surface area (Å²) in [6, 6.07) is 9.42. The molecule has 1 heterocycles. The van der Waals surface area contributed by atoms with Crippen molar-refractivity contribution in [3.63, 3.8) is 0 Å². The molecule has 1 saturated heterocycles. The molecule has 3 nitrogen and oxygen atoms in total. The van der Waals surface area contributed by atoms with Crippen molar-refractivity contribution in [2.75, 3.05) is 26.2 Å². The Kier molecular flexibility index (Phi) is 5.89. The van der Waals surface area contributed by atoms with Crippen LogP contribution in [-0.4, -0.2) is 37.0 Å². The molecule has 0 radical (unpaired) electrons. The van der Waals surface area contributed by atoms with Crippen LogP contribution in [0.4, 0.5) is 0 Å². The monoisotopic (exact) mass is 260 g/mol. The third kappa shape index (κ3) is 5.03. The quantitative estimate of drug-likeness (QED) is 0.826. The Morgan fingerprint density at radius 2 is 1.74 bits per heavy atom. The topological polar surface area (TPSA) is 32.3 Å². The standard InChI is InChI=1S/C16H24N2O/c19-16(15-9-4-3-5-10-15)17-11-8-14-18-12-6-1-2-7-13-18/h3-5,9-10H,1-2,6-8,11-14H2,(H,17,19). The van der Waals surface area contributed by atoms with Gasteiger partial charge in [-0.3, -0.25) is 4.79 Å². The lowest BCUT2D eigenvalue weighted by Gasteiger charge is -2.19. The summed E-state index contributed by atoms with van der Waals surface area (Å²) in [5.74, 6) is 0.0384. The van der Waals surface area contributed by atoms with Crippen molar-refractivity contribution in [2.24, 2.45) is 0 Å². The van der Waals surface area contributed by atoms with E-state index >= 15 is 0 Å². The fraction of sp³-hybridized carbons (Fsp3) is 0.562. The lowest BCUT2D eigenvalue weighted by Crippen LogP contribution is -2.30. The number of nitrogens with zero attached hydrogens (tertiary/aromatic N) is 1. The number of nitrogens with one attached hydrogen (secondary N) is 1. The summed E-state index contributed by atoms with van der Waals surface area (Å²) in [5, 5.41) is 2.99. The van der Waals surface area contributed by atoms with Crippen LogP contribution in [0.15, 0.2) is 30.3 Å². The van der Waals surface area contributed by atoms with E-state index in [1.165, 1.54) is 38.8 Å². The highest BCUT2D eigenvalue weighted by Gasteiger charge is 2.08. The highest BCUT2D eigenvalue weighted by molar-refractivity contribution is 5.94. The summed E-state index contributed by atoms with van der Waals surface area (Å²) in [5.41, 5.74) is 0.747. The molecule has 1 aliphatic rings. The Morgan fingerprint density at radius 3 is 2.42 bits per heavy atom. The Labute approximate surface area is 116 Å². The van der Waals surface area contributed by atoms with Gasteiger partial charge in [-0.1, -0.05) is 31.0 Å². The summed E-state index contributed by atoms with van der Waals surface area (Å²) < 4.78 is 0. The average Bonchev–Trinajstić information content (AvgIpc) is 2.73. The Morgan fingerprint density at radius 1 is 1.05 bits per heavy atom. The maximum atomic E-state index is 11.8. The van der Waals surface area contributed by atoms with Crippen molar-refractivity contribution < 1.29 is 4.79 Å². The van der Waals surface area contributed by atoms with Crippen LogP contribution in [0.1, 0.15) is 42.5 Å². The number of carbonyl (C=O) groups is 1. The minimum atomic E-state index is 0.0384. The van der Waals surface area contributed by atoms with Gasteiger partial charge in [-0.15, -0.1) is 0 Å². The minimum Gasteiger partial charge on any atom is -0.352 e. The smallest absolute Gasteiger partial charge is 0.251 e. The molecule has 3 heteroatoms. The highest BCUT2D eigenvalue weighted by Crippen LogP contribution is 2.09. The second kappa shape index (κ2) is 7.95. The molecule has 104 valence electrons. The Balaban J connectivity index is 1.62. The van der Waals surface area contributed by atoms with Gasteiger partial charge in [-0.2, -0.15) is 0 Å². The molecule has 1 aliphatic heterocycles. The van der Waals surface area contributed by atoms with Crippen LogP contribution in [0, 0.1) is 0 Å². The number of hydrogen-bond acceptors (Lipinski definition) is 2. The van der Waals surface area contributed by atoms with E-state index in [1.807, 2.05) is 30.3 Å². The van der Waals surface area contributed by atoms with Crippen molar-refractivity contribution in [3.8, 4) is 0 Å². The summed E-state index contributed by atoms with van der Waals surface area (Å²) in [7, 11) is 0. The van der Waals surface area contributed by atoms with Gasteiger partial charge in [0.25, 0.3) is 5.91 Å². The molecular formula is C16H24N2O. The molecule has 19 heavy (non-hydrogen) atoms. The summed E-state index contributed by atoms with van der Waals surface area (Å²) >= 11 is 0. The fourth-order valence-corrected chi connectivity index (χ4v) is 2.56. The predicted molar refractivity (Wildman–Crippen MR) is 78.3 cm³/mol. The number of benzene rings is 1. The predicted octanol–water partition coefficient (Wildman–Crippen LogP) is 2.68. The van der Waals surface area contributed by atoms with E-state index in [-0.39, 0.29) is 5.91 Å². The molecule has 0 bridgehead atoms. The largest absolute Gasteiger partial charge is 0.352 e. The molecule has 0 atom stereocenters. The van der Waals surface area contributed by atoms with Gasteiger partial charge in [0.15, 0.2) is 0 Å². The van der Waals surface area contributed by atoms with Crippen molar-refractivity contribution >= 4 is 5.91 Å². The van der Waals surface area contributed by atoms with Crippen LogP contribution in [0.5, 0.6) is 0 Å². The van der Waals surface area contributed by atoms with Gasteiger partial charge in [-0.05, 0) is 51.0 Å². The lowest BCUT2D eigenvalue weighted by atomic mass is 10.2. The van der Waals surface area contributed by atoms with Gasteiger partial charge in [-0.25, -0.2) is 0 Å². The molecule has 0 unspecified atom stereocenters. The third-order valence-electron chi connectivity index (χ3n) is 3.67. The van der Waals surface area contributed by atoms with Crippen molar-refractivity contribution in [3.05, 3.63) is 35.9 Å². The number of hydrogen-bond donors (Lipinski definition) is 1. The molecule has 0 saturated carbocycles. The zero-order valence-electron chi connectivity index (χ0n) is 11.6. The zero-order valence-corrected chi connectivity index (χ0v) is 11.6. The van der Waals surface area contributed by atoms with Crippen LogP contribution >= 0.6 is 0 Å². The highest BCUT2D eigenvalue weighted by atomic mass is 16.1. The minimum absolute atomic E-state index is 0.0384. The van der Waals surface area contributed by atoms with E-state index in [0.717, 1.165) is 25.1 Å². The molecule has 1 aromatic carbocycles. The first kappa shape index (κ1) is 14.1. The van der Waals surface area contributed by atoms with Crippen molar-refractivity contribution in [2.45, 2.75) is 32.1 Å². The van der Waals surface area contributed by atoms with Crippen LogP contribution in [0.2, 0.25) is 0 Å². The first-order valence-electron chi connectivity index (χ1n) is 7.42. The molecule has 1 aromatic rings. The molecule has 0 aliphatic carbocycles. The van der Waals surface area contributed by atoms with Gasteiger partial charge in [0.1, 0.15) is 0 Å². The van der Waals surface area contributed by atoms with Crippen molar-refractivity contribution in [1.82, 2.24) is 10.2 Å². The molecule has 1 N–H and O–H groups in total. The molecular weight excluding hydrogens is 236 g/mol. The molecule has 0 spiro atoms. The fourth-order valence-electron chi connectivity index (χ4n) is 2.56. The molecule has 0 aromatic heterocycles. The number of amides is 1. The van der Waals surface area contributed by atoms with E-state index in [4.69, 9.17) is 0 Å². The Hall–Kier alpha value is -1.35. The van der Waals surface area contributed by atoms with E-state index in [1.54, 1.807) is 0 Å². The maximum Gasteiger partial charge on any atom is 0.251 e. The van der Waals surface area contributed by atoms with Crippen LogP contribution < -0.4 is 5.32 Å². The van der Waals surface area contributed by atoms with Gasteiger partial charge in [0.2, 0.25) is 0 Å². The summed E-state index contributed by atoms with van der Waals surface area (Å²) in [6.45, 7) is 4.33. The molecule has 1 fully saturated rings. The van der Waals surface area contributed by atoms with Crippen LogP contribution in [0.25, 0.3) is 0 Å². The van der Waals surface area contributed by atoms with E-state index in [0.29, 0.717) is 0 Å². The van der Waals surface area contributed by atoms with Gasteiger partial charge >= 0.3 is 0 Å². The third-order valence-corrected chi connectivity index (χ3v) is 3.67. The first-order chi connectivity index (χ1) is 9.36. The van der Waals surface area contributed by atoms with Crippen LogP contribution in [-0.2, 0) is 0 Å². The number of rotatable bonds is 5. The number of likely N-dealkylation sites (tertiary alicyclic amines) is 1. The Bertz CT molecular complexity index is 370. The molecule has 2 rings (SSSR count). The second-order valence-electron chi connectivity index (χ2n) is 5.23. The molecule has 1 amide bonds. The van der Waals surface area contributed by atoms with Gasteiger partial charge < -0.3 is 10.2 Å². The number of carbonyl (C=O) groups excluding carboxylic acids is 1. The van der Waals surface area contributed by atoms with E-state index in [9.17, 15) is 4.79 Å². The van der Waals surface area contributed by atoms with E-state index < -0.39 is 0 Å². The first-order valence-corrected chi connectivity index (χ1v) is 7.42. The second-order valence-corrected chi connectivity index (χ2v) is 5.23. The van der Waals surface area contributed by atoms with Crippen LogP contribution in [0.3, 0.4) is 0 Å². The lowest BCUT2D eigenvalue weighted by molar-refractivity contribution is 0.0951. The van der Waals surface area contributed by atoms with Gasteiger partial charge in [0, 0.05) is 12.1 Å². The SMILES string of the molecule is O=C(NCCCN1CCCCCC1)c1ccccc1. The zero-order chi connectivity index (χ0) is 13.3. The average molecular weight is 260 g/mol. The maximum absolute atomic E-state index is 11.8. The van der Waals surface area contributed by atoms with E-state index in [2.05, 4.69) is 10.2 Å². The van der Waals surface area contributed by atoms with Crippen molar-refractivity contribution in [1.29, 1.82) is 0 Å². The van der Waals surface area contributed by atoms with Gasteiger partial charge in [0.05, 0.1) is 0 Å². The summed E-state index contributed by atoms with van der Waals surface area (Å²) in [6.07, 6.45) is 6.45. The summed E-state index contributed by atoms with van der Waals surface area (Å²) in [4.78, 5) is 14.4.